The lowest BCUT2D eigenvalue weighted by Crippen LogP contribution is -2.42. The van der Waals surface area contributed by atoms with Gasteiger partial charge in [-0.1, -0.05) is 18.2 Å². The third-order valence-electron chi connectivity index (χ3n) is 7.14. The molecule has 0 saturated carbocycles. The Morgan fingerprint density at radius 1 is 1.00 bits per heavy atom. The van der Waals surface area contributed by atoms with Crippen LogP contribution in [0.4, 0.5) is 4.79 Å². The number of ether oxygens (including phenoxy) is 3. The van der Waals surface area contributed by atoms with Crippen LogP contribution >= 0.6 is 0 Å². The number of amides is 3. The van der Waals surface area contributed by atoms with E-state index in [-0.39, 0.29) is 30.4 Å². The van der Waals surface area contributed by atoms with Crippen LogP contribution in [-0.2, 0) is 11.3 Å². The molecule has 2 aromatic rings. The summed E-state index contributed by atoms with van der Waals surface area (Å²) in [6.45, 7) is 6.72. The summed E-state index contributed by atoms with van der Waals surface area (Å²) in [5.41, 5.74) is 4.13. The van der Waals surface area contributed by atoms with Crippen molar-refractivity contribution < 1.29 is 28.6 Å². The van der Waals surface area contributed by atoms with E-state index in [1.165, 1.54) is 4.90 Å². The van der Waals surface area contributed by atoms with Gasteiger partial charge in [-0.2, -0.15) is 0 Å². The van der Waals surface area contributed by atoms with E-state index >= 15 is 0 Å². The van der Waals surface area contributed by atoms with Crippen LogP contribution in [0.3, 0.4) is 0 Å². The maximum atomic E-state index is 13.7. The first-order chi connectivity index (χ1) is 17.6. The largest absolute Gasteiger partial charge is 0.493 e. The first-order valence-electron chi connectivity index (χ1n) is 12.5. The van der Waals surface area contributed by atoms with E-state index in [0.29, 0.717) is 35.7 Å². The Kier molecular flexibility index (Phi) is 6.22. The lowest BCUT2D eigenvalue weighted by molar-refractivity contribution is 0.0251. The molecule has 0 N–H and O–H groups in total. The van der Waals surface area contributed by atoms with Gasteiger partial charge in [0.1, 0.15) is 5.60 Å². The number of methoxy groups -OCH3 is 2. The Bertz CT molecular complexity index is 1320. The molecule has 37 heavy (non-hydrogen) atoms. The van der Waals surface area contributed by atoms with E-state index in [1.807, 2.05) is 39.0 Å². The zero-order chi connectivity index (χ0) is 26.5. The molecule has 5 rings (SSSR count). The summed E-state index contributed by atoms with van der Waals surface area (Å²) in [5.74, 6) is 0.619. The third-order valence-corrected chi connectivity index (χ3v) is 7.14. The number of rotatable bonds is 5. The number of hydrogen-bond acceptors (Lipinski definition) is 6. The number of carbonyl (C=O) groups excluding carboxylic acids is 3. The van der Waals surface area contributed by atoms with Crippen molar-refractivity contribution in [1.82, 2.24) is 9.80 Å². The molecule has 2 aliphatic heterocycles. The zero-order valence-electron chi connectivity index (χ0n) is 21.9. The van der Waals surface area contributed by atoms with Gasteiger partial charge in [0.25, 0.3) is 11.8 Å². The lowest BCUT2D eigenvalue weighted by atomic mass is 9.86. The first-order valence-corrected chi connectivity index (χ1v) is 12.5. The molecule has 0 fully saturated rings. The number of likely N-dealkylation sites (tertiary alicyclic amines) is 1. The van der Waals surface area contributed by atoms with Crippen molar-refractivity contribution in [3.8, 4) is 11.5 Å². The molecule has 1 unspecified atom stereocenters. The molecule has 3 amide bonds. The SMILES string of the molecule is COc1ccc(CN2C(=O)c3cccc(C4=C5CCC4CN(C(=O)OC(C)(C)C)C5)c3C2=O)cc1OC. The molecular formula is C29H32N2O6. The summed E-state index contributed by atoms with van der Waals surface area (Å²) >= 11 is 0. The van der Waals surface area contributed by atoms with Crippen LogP contribution in [0.2, 0.25) is 0 Å². The standard InChI is InChI=1S/C29H32N2O6/c1-29(2,3)37-28(34)30-15-18-10-11-19(16-30)24(18)20-7-6-8-21-25(20)27(33)31(26(21)32)14-17-9-12-22(35-4)23(13-17)36-5/h6-9,12-13,18H,10-11,14-16H2,1-5H3. The molecule has 0 spiro atoms. The van der Waals surface area contributed by atoms with Gasteiger partial charge < -0.3 is 19.1 Å². The number of benzene rings is 2. The fourth-order valence-electron chi connectivity index (χ4n) is 5.56. The minimum absolute atomic E-state index is 0.102. The Hall–Kier alpha value is -3.81. The Labute approximate surface area is 216 Å². The predicted molar refractivity (Wildman–Crippen MR) is 138 cm³/mol. The maximum absolute atomic E-state index is 13.7. The van der Waals surface area contributed by atoms with Gasteiger partial charge in [0.2, 0.25) is 0 Å². The van der Waals surface area contributed by atoms with Crippen molar-refractivity contribution >= 4 is 23.5 Å². The minimum atomic E-state index is -0.560. The summed E-state index contributed by atoms with van der Waals surface area (Å²) in [5, 5.41) is 0. The van der Waals surface area contributed by atoms with Gasteiger partial charge in [-0.3, -0.25) is 14.5 Å². The van der Waals surface area contributed by atoms with Gasteiger partial charge in [-0.05, 0) is 74.1 Å². The molecule has 0 aromatic heterocycles. The van der Waals surface area contributed by atoms with Gasteiger partial charge in [0.05, 0.1) is 31.9 Å². The highest BCUT2D eigenvalue weighted by atomic mass is 16.6. The van der Waals surface area contributed by atoms with E-state index < -0.39 is 5.60 Å². The first kappa shape index (κ1) is 24.9. The van der Waals surface area contributed by atoms with Crippen LogP contribution in [0.1, 0.15) is 65.5 Å². The van der Waals surface area contributed by atoms with Crippen LogP contribution in [-0.4, -0.2) is 60.6 Å². The maximum Gasteiger partial charge on any atom is 0.410 e. The molecule has 2 heterocycles. The number of carbonyl (C=O) groups is 3. The van der Waals surface area contributed by atoms with Gasteiger partial charge in [-0.15, -0.1) is 0 Å². The smallest absolute Gasteiger partial charge is 0.410 e. The molecule has 2 aromatic carbocycles. The molecule has 8 nitrogen and oxygen atoms in total. The van der Waals surface area contributed by atoms with Crippen LogP contribution in [0.5, 0.6) is 11.5 Å². The van der Waals surface area contributed by atoms with Crippen LogP contribution < -0.4 is 9.47 Å². The highest BCUT2D eigenvalue weighted by Crippen LogP contribution is 2.46. The summed E-state index contributed by atoms with van der Waals surface area (Å²) in [4.78, 5) is 42.8. The van der Waals surface area contributed by atoms with Crippen molar-refractivity contribution in [3.05, 3.63) is 64.2 Å². The fourth-order valence-corrected chi connectivity index (χ4v) is 5.56. The minimum Gasteiger partial charge on any atom is -0.493 e. The topological polar surface area (TPSA) is 85.4 Å². The Morgan fingerprint density at radius 3 is 2.41 bits per heavy atom. The second kappa shape index (κ2) is 9.25. The Morgan fingerprint density at radius 2 is 1.73 bits per heavy atom. The van der Waals surface area contributed by atoms with Crippen molar-refractivity contribution in [2.45, 2.75) is 45.8 Å². The van der Waals surface area contributed by atoms with E-state index in [2.05, 4.69) is 0 Å². The normalized spacial score (nSPS) is 18.9. The zero-order valence-corrected chi connectivity index (χ0v) is 21.9. The van der Waals surface area contributed by atoms with Crippen molar-refractivity contribution in [1.29, 1.82) is 0 Å². The average molecular weight is 505 g/mol. The van der Waals surface area contributed by atoms with E-state index in [9.17, 15) is 14.4 Å². The van der Waals surface area contributed by atoms with Gasteiger partial charge in [0.15, 0.2) is 11.5 Å². The molecule has 8 heteroatoms. The van der Waals surface area contributed by atoms with Gasteiger partial charge in [-0.25, -0.2) is 4.79 Å². The number of hydrogen-bond donors (Lipinski definition) is 0. The summed E-state index contributed by atoms with van der Waals surface area (Å²) < 4.78 is 16.3. The number of imide groups is 1. The van der Waals surface area contributed by atoms with E-state index in [0.717, 1.165) is 35.1 Å². The lowest BCUT2D eigenvalue weighted by Gasteiger charge is -2.33. The molecule has 3 aliphatic rings. The molecule has 0 radical (unpaired) electrons. The molecule has 194 valence electrons. The third kappa shape index (κ3) is 4.45. The summed E-state index contributed by atoms with van der Waals surface area (Å²) in [7, 11) is 3.11. The Balaban J connectivity index is 1.44. The highest BCUT2D eigenvalue weighted by molar-refractivity contribution is 6.23. The molecule has 1 aliphatic carbocycles. The van der Waals surface area contributed by atoms with E-state index in [4.69, 9.17) is 14.2 Å². The van der Waals surface area contributed by atoms with Crippen molar-refractivity contribution in [2.24, 2.45) is 5.92 Å². The van der Waals surface area contributed by atoms with Gasteiger partial charge >= 0.3 is 6.09 Å². The molecule has 2 bridgehead atoms. The van der Waals surface area contributed by atoms with Crippen LogP contribution in [0.25, 0.3) is 5.57 Å². The number of fused-ring (bicyclic) bond motifs is 2. The van der Waals surface area contributed by atoms with E-state index in [1.54, 1.807) is 37.3 Å². The second-order valence-corrected chi connectivity index (χ2v) is 10.7. The second-order valence-electron chi connectivity index (χ2n) is 10.7. The molecule has 1 atom stereocenters. The molecular weight excluding hydrogens is 472 g/mol. The number of nitrogens with zero attached hydrogens (tertiary/aromatic N) is 2. The fraction of sp³-hybridized carbons (Fsp3) is 0.414. The highest BCUT2D eigenvalue weighted by Gasteiger charge is 2.42. The van der Waals surface area contributed by atoms with Crippen molar-refractivity contribution in [3.63, 3.8) is 0 Å². The van der Waals surface area contributed by atoms with Gasteiger partial charge in [0, 0.05) is 19.0 Å². The predicted octanol–water partition coefficient (Wildman–Crippen LogP) is 4.91. The van der Waals surface area contributed by atoms with Crippen molar-refractivity contribution in [2.75, 3.05) is 27.3 Å². The van der Waals surface area contributed by atoms with Crippen LogP contribution in [0, 0.1) is 5.92 Å². The summed E-state index contributed by atoms with van der Waals surface area (Å²) in [6.07, 6.45) is 1.45. The van der Waals surface area contributed by atoms with Crippen LogP contribution in [0.15, 0.2) is 42.0 Å². The average Bonchev–Trinajstić information content (AvgIpc) is 3.26. The quantitative estimate of drug-likeness (QED) is 0.538. The molecule has 0 saturated heterocycles. The summed E-state index contributed by atoms with van der Waals surface area (Å²) in [6, 6.07) is 10.9. The monoisotopic (exact) mass is 504 g/mol.